The van der Waals surface area contributed by atoms with Crippen LogP contribution in [0.4, 0.5) is 5.82 Å². The van der Waals surface area contributed by atoms with E-state index in [4.69, 9.17) is 16.3 Å². The maximum atomic E-state index is 5.50. The van der Waals surface area contributed by atoms with Crippen LogP contribution in [0.1, 0.15) is 0 Å². The number of anilines is 1. The highest BCUT2D eigenvalue weighted by Gasteiger charge is 2.03. The molecule has 0 saturated heterocycles. The summed E-state index contributed by atoms with van der Waals surface area (Å²) in [5.74, 6) is 1.40. The molecule has 86 valence electrons. The lowest BCUT2D eigenvalue weighted by Crippen LogP contribution is -2.11. The quantitative estimate of drug-likeness (QED) is 0.638. The third-order valence-corrected chi connectivity index (χ3v) is 3.07. The van der Waals surface area contributed by atoms with Gasteiger partial charge >= 0.3 is 0 Å². The summed E-state index contributed by atoms with van der Waals surface area (Å²) in [7, 11) is 0. The van der Waals surface area contributed by atoms with Crippen LogP contribution in [0, 0.1) is 0 Å². The predicted octanol–water partition coefficient (Wildman–Crippen LogP) is 2.36. The average Bonchev–Trinajstić information content (AvgIpc) is 2.77. The van der Waals surface area contributed by atoms with Crippen molar-refractivity contribution in [2.75, 3.05) is 31.0 Å². The Morgan fingerprint density at radius 1 is 1.38 bits per heavy atom. The van der Waals surface area contributed by atoms with Gasteiger partial charge in [0, 0.05) is 12.4 Å². The molecule has 16 heavy (non-hydrogen) atoms. The van der Waals surface area contributed by atoms with Crippen molar-refractivity contribution in [1.82, 2.24) is 9.97 Å². The summed E-state index contributed by atoms with van der Waals surface area (Å²) in [4.78, 5) is 8.37. The summed E-state index contributed by atoms with van der Waals surface area (Å²) in [6.07, 6.45) is 1.57. The molecule has 0 aliphatic carbocycles. The molecule has 0 saturated carbocycles. The van der Waals surface area contributed by atoms with Crippen LogP contribution in [0.3, 0.4) is 0 Å². The smallest absolute Gasteiger partial charge is 0.147 e. The monoisotopic (exact) mass is 257 g/mol. The first-order valence-corrected chi connectivity index (χ1v) is 6.39. The maximum Gasteiger partial charge on any atom is 0.147 e. The molecule has 0 aliphatic heterocycles. The van der Waals surface area contributed by atoms with Gasteiger partial charge in [0.05, 0.1) is 23.4 Å². The van der Waals surface area contributed by atoms with Crippen molar-refractivity contribution in [3.63, 3.8) is 0 Å². The fourth-order valence-electron chi connectivity index (χ4n) is 1.31. The minimum Gasteiger partial charge on any atom is -0.378 e. The van der Waals surface area contributed by atoms with Gasteiger partial charge in [0.1, 0.15) is 12.1 Å². The topological polar surface area (TPSA) is 47.0 Å². The number of nitrogens with zero attached hydrogens (tertiary/aromatic N) is 2. The molecule has 6 heteroatoms. The molecule has 2 aromatic rings. The second-order valence-electron chi connectivity index (χ2n) is 3.09. The van der Waals surface area contributed by atoms with Crippen molar-refractivity contribution >= 4 is 39.0 Å². The lowest BCUT2D eigenvalue weighted by Gasteiger charge is -2.06. The van der Waals surface area contributed by atoms with Crippen LogP contribution < -0.4 is 5.32 Å². The van der Waals surface area contributed by atoms with Crippen LogP contribution in [0.15, 0.2) is 17.8 Å². The van der Waals surface area contributed by atoms with Crippen LogP contribution in [0.5, 0.6) is 0 Å². The summed E-state index contributed by atoms with van der Waals surface area (Å²) < 4.78 is 6.35. The summed E-state index contributed by atoms with van der Waals surface area (Å²) in [6, 6.07) is 1.98. The van der Waals surface area contributed by atoms with Gasteiger partial charge < -0.3 is 10.1 Å². The summed E-state index contributed by atoms with van der Waals surface area (Å²) in [5.41, 5.74) is 0.976. The van der Waals surface area contributed by atoms with Crippen molar-refractivity contribution in [3.05, 3.63) is 17.8 Å². The second kappa shape index (κ2) is 5.98. The zero-order valence-electron chi connectivity index (χ0n) is 8.65. The van der Waals surface area contributed by atoms with Crippen molar-refractivity contribution in [1.29, 1.82) is 0 Å². The zero-order chi connectivity index (χ0) is 11.2. The van der Waals surface area contributed by atoms with Crippen LogP contribution in [0.2, 0.25) is 0 Å². The molecule has 0 aromatic carbocycles. The molecular weight excluding hydrogens is 246 g/mol. The Kier molecular flexibility index (Phi) is 4.33. The van der Waals surface area contributed by atoms with E-state index in [0.29, 0.717) is 19.1 Å². The number of thiophene rings is 1. The third kappa shape index (κ3) is 2.81. The Bertz CT molecular complexity index is 448. The maximum absolute atomic E-state index is 5.50. The molecule has 0 amide bonds. The molecule has 0 spiro atoms. The first-order chi connectivity index (χ1) is 7.92. The number of fused-ring (bicyclic) bond motifs is 1. The molecule has 1 N–H and O–H groups in total. The average molecular weight is 258 g/mol. The van der Waals surface area contributed by atoms with Gasteiger partial charge in [0.2, 0.25) is 0 Å². The van der Waals surface area contributed by atoms with Gasteiger partial charge in [-0.15, -0.1) is 22.9 Å². The minimum absolute atomic E-state index is 0.530. The first-order valence-electron chi connectivity index (χ1n) is 4.97. The van der Waals surface area contributed by atoms with Crippen molar-refractivity contribution < 1.29 is 4.74 Å². The van der Waals surface area contributed by atoms with Gasteiger partial charge in [-0.3, -0.25) is 0 Å². The Morgan fingerprint density at radius 2 is 2.31 bits per heavy atom. The van der Waals surface area contributed by atoms with Gasteiger partial charge in [-0.05, 0) is 11.4 Å². The largest absolute Gasteiger partial charge is 0.378 e. The highest BCUT2D eigenvalue weighted by molar-refractivity contribution is 7.17. The van der Waals surface area contributed by atoms with Gasteiger partial charge in [-0.25, -0.2) is 9.97 Å². The Labute approximate surface area is 103 Å². The zero-order valence-corrected chi connectivity index (χ0v) is 10.2. The van der Waals surface area contributed by atoms with Crippen LogP contribution in [0.25, 0.3) is 10.2 Å². The number of hydrogen-bond donors (Lipinski definition) is 1. The SMILES string of the molecule is ClCCOCCNc1ncnc2ccsc12. The molecule has 0 atom stereocenters. The van der Waals surface area contributed by atoms with E-state index in [1.807, 2.05) is 11.4 Å². The predicted molar refractivity (Wildman–Crippen MR) is 67.4 cm³/mol. The number of alkyl halides is 1. The van der Waals surface area contributed by atoms with E-state index >= 15 is 0 Å². The van der Waals surface area contributed by atoms with E-state index in [1.54, 1.807) is 17.7 Å². The molecule has 2 aromatic heterocycles. The van der Waals surface area contributed by atoms with Gasteiger partial charge in [0.15, 0.2) is 0 Å². The van der Waals surface area contributed by atoms with Gasteiger partial charge in [0.25, 0.3) is 0 Å². The highest BCUT2D eigenvalue weighted by Crippen LogP contribution is 2.24. The lowest BCUT2D eigenvalue weighted by atomic mass is 10.4. The standard InChI is InChI=1S/C10H12ClN3OS/c11-2-4-15-5-3-12-10-9-8(1-6-16-9)13-7-14-10/h1,6-7H,2-5H2,(H,12,13,14). The van der Waals surface area contributed by atoms with E-state index in [1.165, 1.54) is 0 Å². The van der Waals surface area contributed by atoms with E-state index in [9.17, 15) is 0 Å². The van der Waals surface area contributed by atoms with Crippen LogP contribution >= 0.6 is 22.9 Å². The Balaban J connectivity index is 1.91. The lowest BCUT2D eigenvalue weighted by molar-refractivity contribution is 0.160. The molecule has 0 bridgehead atoms. The first kappa shape index (κ1) is 11.6. The number of ether oxygens (including phenoxy) is 1. The summed E-state index contributed by atoms with van der Waals surface area (Å²) in [6.45, 7) is 1.94. The fraction of sp³-hybridized carbons (Fsp3) is 0.400. The number of aromatic nitrogens is 2. The number of halogens is 1. The Morgan fingerprint density at radius 3 is 3.19 bits per heavy atom. The highest BCUT2D eigenvalue weighted by atomic mass is 35.5. The molecule has 2 heterocycles. The number of nitrogens with one attached hydrogen (secondary N) is 1. The second-order valence-corrected chi connectivity index (χ2v) is 4.38. The fourth-order valence-corrected chi connectivity index (χ4v) is 2.23. The summed E-state index contributed by atoms with van der Waals surface area (Å²) >= 11 is 7.13. The number of hydrogen-bond acceptors (Lipinski definition) is 5. The number of rotatable bonds is 6. The third-order valence-electron chi connectivity index (χ3n) is 2.00. The van der Waals surface area contributed by atoms with Crippen LogP contribution in [-0.2, 0) is 4.74 Å². The van der Waals surface area contributed by atoms with Gasteiger partial charge in [-0.2, -0.15) is 0 Å². The molecule has 4 nitrogen and oxygen atoms in total. The summed E-state index contributed by atoms with van der Waals surface area (Å²) in [5, 5.41) is 5.23. The molecule has 0 aliphatic rings. The van der Waals surface area contributed by atoms with E-state index < -0.39 is 0 Å². The molecule has 0 unspecified atom stereocenters. The van der Waals surface area contributed by atoms with E-state index in [-0.39, 0.29) is 0 Å². The van der Waals surface area contributed by atoms with E-state index in [0.717, 1.165) is 22.6 Å². The minimum atomic E-state index is 0.530. The molecule has 0 fully saturated rings. The Hall–Kier alpha value is -0.910. The van der Waals surface area contributed by atoms with E-state index in [2.05, 4.69) is 15.3 Å². The normalized spacial score (nSPS) is 10.8. The molecule has 2 rings (SSSR count). The van der Waals surface area contributed by atoms with Crippen molar-refractivity contribution in [2.24, 2.45) is 0 Å². The molecule has 0 radical (unpaired) electrons. The van der Waals surface area contributed by atoms with Crippen LogP contribution in [-0.4, -0.2) is 35.6 Å². The van der Waals surface area contributed by atoms with Crippen molar-refractivity contribution in [2.45, 2.75) is 0 Å². The molecular formula is C10H12ClN3OS. The van der Waals surface area contributed by atoms with Crippen molar-refractivity contribution in [3.8, 4) is 0 Å². The van der Waals surface area contributed by atoms with Gasteiger partial charge in [-0.1, -0.05) is 0 Å².